The number of hydrogen-bond acceptors (Lipinski definition) is 4. The van der Waals surface area contributed by atoms with Crippen molar-refractivity contribution in [2.75, 3.05) is 0 Å². The molecule has 1 aromatic carbocycles. The second kappa shape index (κ2) is 4.54. The fraction of sp³-hybridized carbons (Fsp3) is 0.300. The fourth-order valence-corrected chi connectivity index (χ4v) is 1.25. The summed E-state index contributed by atoms with van der Waals surface area (Å²) in [5.74, 6) is -0.101. The molecule has 1 rings (SSSR count). The number of rotatable bonds is 3. The molecular formula is C10H11NO4. The summed E-state index contributed by atoms with van der Waals surface area (Å²) in [5, 5.41) is 10.6. The molecule has 0 aromatic heterocycles. The van der Waals surface area contributed by atoms with Gasteiger partial charge < -0.3 is 4.74 Å². The Kier molecular flexibility index (Phi) is 3.38. The largest absolute Gasteiger partial charge is 0.427 e. The maximum atomic E-state index is 10.7. The number of esters is 1. The molecule has 0 atom stereocenters. The number of hydrogen-bond donors (Lipinski definition) is 0. The zero-order valence-corrected chi connectivity index (χ0v) is 8.52. The quantitative estimate of drug-likeness (QED) is 0.331. The SMILES string of the molecule is CCc1cc(OC(C)=O)ccc1[N+](=O)[O-]. The van der Waals surface area contributed by atoms with Crippen molar-refractivity contribution in [2.45, 2.75) is 20.3 Å². The lowest BCUT2D eigenvalue weighted by atomic mass is 10.1. The van der Waals surface area contributed by atoms with Crippen LogP contribution in [0.15, 0.2) is 18.2 Å². The second-order valence-electron chi connectivity index (χ2n) is 2.99. The van der Waals surface area contributed by atoms with Gasteiger partial charge >= 0.3 is 5.97 Å². The fourth-order valence-electron chi connectivity index (χ4n) is 1.25. The summed E-state index contributed by atoms with van der Waals surface area (Å²) in [6, 6.07) is 4.27. The molecule has 5 heteroatoms. The average molecular weight is 209 g/mol. The number of aryl methyl sites for hydroxylation is 1. The molecule has 5 nitrogen and oxygen atoms in total. The molecule has 0 spiro atoms. The first-order valence-electron chi connectivity index (χ1n) is 4.50. The van der Waals surface area contributed by atoms with Gasteiger partial charge in [-0.15, -0.1) is 0 Å². The molecule has 80 valence electrons. The van der Waals surface area contributed by atoms with Crippen LogP contribution in [-0.4, -0.2) is 10.9 Å². The van der Waals surface area contributed by atoms with Crippen molar-refractivity contribution in [1.82, 2.24) is 0 Å². The third-order valence-corrected chi connectivity index (χ3v) is 1.89. The van der Waals surface area contributed by atoms with Gasteiger partial charge in [0, 0.05) is 18.6 Å². The lowest BCUT2D eigenvalue weighted by molar-refractivity contribution is -0.385. The average Bonchev–Trinajstić information content (AvgIpc) is 2.16. The summed E-state index contributed by atoms with van der Waals surface area (Å²) < 4.78 is 4.83. The summed E-state index contributed by atoms with van der Waals surface area (Å²) in [7, 11) is 0. The van der Waals surface area contributed by atoms with Crippen molar-refractivity contribution in [3.05, 3.63) is 33.9 Å². The number of nitro benzene ring substituents is 1. The number of carbonyl (C=O) groups excluding carboxylic acids is 1. The van der Waals surface area contributed by atoms with E-state index in [4.69, 9.17) is 4.74 Å². The molecule has 1 aromatic rings. The van der Waals surface area contributed by atoms with Crippen molar-refractivity contribution in [3.8, 4) is 5.75 Å². The molecule has 15 heavy (non-hydrogen) atoms. The molecular weight excluding hydrogens is 198 g/mol. The van der Waals surface area contributed by atoms with Gasteiger partial charge in [-0.05, 0) is 18.6 Å². The summed E-state index contributed by atoms with van der Waals surface area (Å²) in [5.41, 5.74) is 0.604. The van der Waals surface area contributed by atoms with Gasteiger partial charge in [0.2, 0.25) is 0 Å². The standard InChI is InChI=1S/C10H11NO4/c1-3-8-6-9(15-7(2)12)4-5-10(8)11(13)14/h4-6H,3H2,1-2H3. The van der Waals surface area contributed by atoms with Crippen LogP contribution in [0.25, 0.3) is 0 Å². The maximum Gasteiger partial charge on any atom is 0.308 e. The zero-order chi connectivity index (χ0) is 11.4. The Morgan fingerprint density at radius 1 is 1.53 bits per heavy atom. The van der Waals surface area contributed by atoms with E-state index in [1.807, 2.05) is 0 Å². The highest BCUT2D eigenvalue weighted by Crippen LogP contribution is 2.24. The summed E-state index contributed by atoms with van der Waals surface area (Å²) in [4.78, 5) is 20.8. The van der Waals surface area contributed by atoms with Crippen molar-refractivity contribution >= 4 is 11.7 Å². The van der Waals surface area contributed by atoms with Gasteiger partial charge in [-0.3, -0.25) is 14.9 Å². The van der Waals surface area contributed by atoms with Crippen LogP contribution in [0, 0.1) is 10.1 Å². The van der Waals surface area contributed by atoms with Gasteiger partial charge in [0.15, 0.2) is 0 Å². The number of benzene rings is 1. The van der Waals surface area contributed by atoms with Crippen molar-refractivity contribution in [1.29, 1.82) is 0 Å². The molecule has 0 bridgehead atoms. The monoisotopic (exact) mass is 209 g/mol. The first kappa shape index (κ1) is 11.2. The van der Waals surface area contributed by atoms with Gasteiger partial charge in [-0.1, -0.05) is 6.92 Å². The topological polar surface area (TPSA) is 69.4 Å². The predicted octanol–water partition coefficient (Wildman–Crippen LogP) is 2.08. The molecule has 0 heterocycles. The van der Waals surface area contributed by atoms with E-state index in [9.17, 15) is 14.9 Å². The van der Waals surface area contributed by atoms with E-state index in [1.165, 1.54) is 25.1 Å². The minimum Gasteiger partial charge on any atom is -0.427 e. The van der Waals surface area contributed by atoms with Crippen LogP contribution in [0.5, 0.6) is 5.75 Å². The normalized spacial score (nSPS) is 9.73. The third-order valence-electron chi connectivity index (χ3n) is 1.89. The Morgan fingerprint density at radius 3 is 2.67 bits per heavy atom. The molecule has 0 aliphatic carbocycles. The highest BCUT2D eigenvalue weighted by atomic mass is 16.6. The van der Waals surface area contributed by atoms with Crippen LogP contribution in [0.4, 0.5) is 5.69 Å². The van der Waals surface area contributed by atoms with E-state index in [0.717, 1.165) is 0 Å². The highest BCUT2D eigenvalue weighted by molar-refractivity contribution is 5.69. The Bertz CT molecular complexity index is 400. The van der Waals surface area contributed by atoms with Crippen molar-refractivity contribution < 1.29 is 14.5 Å². The van der Waals surface area contributed by atoms with E-state index in [0.29, 0.717) is 17.7 Å². The molecule has 0 N–H and O–H groups in total. The van der Waals surface area contributed by atoms with E-state index in [1.54, 1.807) is 6.92 Å². The van der Waals surface area contributed by atoms with Gasteiger partial charge in [0.25, 0.3) is 5.69 Å². The number of nitrogens with zero attached hydrogens (tertiary/aromatic N) is 1. The summed E-state index contributed by atoms with van der Waals surface area (Å²) >= 11 is 0. The first-order chi connectivity index (χ1) is 7.04. The smallest absolute Gasteiger partial charge is 0.308 e. The predicted molar refractivity (Wildman–Crippen MR) is 53.8 cm³/mol. The maximum absolute atomic E-state index is 10.7. The van der Waals surface area contributed by atoms with Crippen LogP contribution in [0.1, 0.15) is 19.4 Å². The number of ether oxygens (including phenoxy) is 1. The Morgan fingerprint density at radius 2 is 2.20 bits per heavy atom. The van der Waals surface area contributed by atoms with Crippen LogP contribution in [0.2, 0.25) is 0 Å². The Labute approximate surface area is 86.8 Å². The summed E-state index contributed by atoms with van der Waals surface area (Å²) in [6.07, 6.45) is 0.519. The molecule has 0 aliphatic heterocycles. The van der Waals surface area contributed by atoms with E-state index in [-0.39, 0.29) is 5.69 Å². The summed E-state index contributed by atoms with van der Waals surface area (Å²) in [6.45, 7) is 3.09. The molecule has 0 saturated heterocycles. The number of nitro groups is 1. The minimum atomic E-state index is -0.448. The van der Waals surface area contributed by atoms with Crippen LogP contribution < -0.4 is 4.74 Å². The molecule has 0 fully saturated rings. The molecule has 0 radical (unpaired) electrons. The highest BCUT2D eigenvalue weighted by Gasteiger charge is 2.13. The van der Waals surface area contributed by atoms with E-state index in [2.05, 4.69) is 0 Å². The first-order valence-corrected chi connectivity index (χ1v) is 4.50. The van der Waals surface area contributed by atoms with Crippen LogP contribution >= 0.6 is 0 Å². The molecule has 0 unspecified atom stereocenters. The van der Waals surface area contributed by atoms with Crippen molar-refractivity contribution in [2.24, 2.45) is 0 Å². The van der Waals surface area contributed by atoms with Crippen LogP contribution in [-0.2, 0) is 11.2 Å². The minimum absolute atomic E-state index is 0.0494. The zero-order valence-electron chi connectivity index (χ0n) is 8.52. The van der Waals surface area contributed by atoms with E-state index < -0.39 is 10.9 Å². The molecule has 0 saturated carbocycles. The lowest BCUT2D eigenvalue weighted by Crippen LogP contribution is -2.02. The third kappa shape index (κ3) is 2.77. The molecule has 0 amide bonds. The van der Waals surface area contributed by atoms with Gasteiger partial charge in [-0.2, -0.15) is 0 Å². The van der Waals surface area contributed by atoms with E-state index >= 15 is 0 Å². The van der Waals surface area contributed by atoms with Gasteiger partial charge in [-0.25, -0.2) is 0 Å². The van der Waals surface area contributed by atoms with Crippen molar-refractivity contribution in [3.63, 3.8) is 0 Å². The van der Waals surface area contributed by atoms with Gasteiger partial charge in [0.1, 0.15) is 5.75 Å². The Balaban J connectivity index is 3.07. The van der Waals surface area contributed by atoms with Crippen LogP contribution in [0.3, 0.4) is 0 Å². The molecule has 0 aliphatic rings. The van der Waals surface area contributed by atoms with Gasteiger partial charge in [0.05, 0.1) is 4.92 Å². The Hall–Kier alpha value is -1.91. The second-order valence-corrected chi connectivity index (χ2v) is 2.99. The number of carbonyl (C=O) groups is 1. The lowest BCUT2D eigenvalue weighted by Gasteiger charge is -2.04.